The Hall–Kier alpha value is -2.34. The molecule has 1 aromatic heterocycles. The normalized spacial score (nSPS) is 11.7. The maximum Gasteiger partial charge on any atom is 0.322 e. The Bertz CT molecular complexity index is 656. The molecule has 0 aliphatic rings. The van der Waals surface area contributed by atoms with E-state index in [9.17, 15) is 9.59 Å². The second kappa shape index (κ2) is 8.33. The largest absolute Gasteiger partial charge is 0.480 e. The highest BCUT2D eigenvalue weighted by molar-refractivity contribution is 7.10. The van der Waals surface area contributed by atoms with Crippen LogP contribution in [-0.2, 0) is 4.79 Å². The number of hydrogen-bond donors (Lipinski definition) is 3. The van der Waals surface area contributed by atoms with Crippen molar-refractivity contribution in [2.24, 2.45) is 0 Å². The molecule has 23 heavy (non-hydrogen) atoms. The topological polar surface area (TPSA) is 78.4 Å². The smallest absolute Gasteiger partial charge is 0.322 e. The first kappa shape index (κ1) is 17.0. The second-order valence-corrected chi connectivity index (χ2v) is 6.10. The summed E-state index contributed by atoms with van der Waals surface area (Å²) in [4.78, 5) is 24.4. The number of benzene rings is 1. The van der Waals surface area contributed by atoms with Crippen LogP contribution in [0.1, 0.15) is 41.0 Å². The van der Waals surface area contributed by atoms with E-state index in [2.05, 4.69) is 17.6 Å². The van der Waals surface area contributed by atoms with Crippen LogP contribution in [-0.4, -0.2) is 23.5 Å². The molecule has 0 bridgehead atoms. The van der Waals surface area contributed by atoms with Gasteiger partial charge in [-0.2, -0.15) is 0 Å². The number of carbonyl (C=O) groups is 2. The van der Waals surface area contributed by atoms with Gasteiger partial charge in [0.15, 0.2) is 0 Å². The van der Waals surface area contributed by atoms with Gasteiger partial charge in [-0.15, -0.1) is 11.3 Å². The lowest BCUT2D eigenvalue weighted by molar-refractivity contribution is -0.134. The summed E-state index contributed by atoms with van der Waals surface area (Å²) < 4.78 is 0. The number of hydrogen-bond acceptors (Lipinski definition) is 4. The van der Waals surface area contributed by atoms with Crippen LogP contribution in [0.4, 0.5) is 5.69 Å². The lowest BCUT2D eigenvalue weighted by Crippen LogP contribution is -2.29. The summed E-state index contributed by atoms with van der Waals surface area (Å²) in [6.07, 6.45) is 1.82. The molecule has 3 N–H and O–H groups in total. The molecular weight excluding hydrogens is 312 g/mol. The van der Waals surface area contributed by atoms with E-state index in [-0.39, 0.29) is 18.5 Å². The van der Waals surface area contributed by atoms with Gasteiger partial charge in [0.1, 0.15) is 6.54 Å². The molecule has 1 heterocycles. The van der Waals surface area contributed by atoms with Gasteiger partial charge in [-0.1, -0.05) is 31.5 Å². The summed E-state index contributed by atoms with van der Waals surface area (Å²) in [5.74, 6) is -1.17. The van der Waals surface area contributed by atoms with E-state index in [1.165, 1.54) is 0 Å². The molecule has 2 rings (SSSR count). The number of anilines is 1. The number of carbonyl (C=O) groups excluding carboxylic acids is 1. The van der Waals surface area contributed by atoms with Gasteiger partial charge in [-0.3, -0.25) is 9.59 Å². The van der Waals surface area contributed by atoms with Crippen LogP contribution in [0.3, 0.4) is 0 Å². The van der Waals surface area contributed by atoms with Crippen molar-refractivity contribution in [3.8, 4) is 0 Å². The molecule has 0 unspecified atom stereocenters. The number of carboxylic acid groups (broad SMARTS) is 1. The molecule has 0 aliphatic heterocycles. The molecule has 122 valence electrons. The van der Waals surface area contributed by atoms with Crippen LogP contribution in [0.5, 0.6) is 0 Å². The minimum absolute atomic E-state index is 0.0278. The average molecular weight is 332 g/mol. The van der Waals surface area contributed by atoms with Crippen LogP contribution in [0.15, 0.2) is 41.8 Å². The monoisotopic (exact) mass is 332 g/mol. The van der Waals surface area contributed by atoms with Crippen molar-refractivity contribution in [2.45, 2.75) is 25.8 Å². The number of rotatable bonds is 8. The molecule has 2 aromatic rings. The van der Waals surface area contributed by atoms with Crippen LogP contribution < -0.4 is 10.6 Å². The fourth-order valence-corrected chi connectivity index (χ4v) is 3.12. The number of nitrogens with one attached hydrogen (secondary N) is 2. The lowest BCUT2D eigenvalue weighted by Gasteiger charge is -2.18. The summed E-state index contributed by atoms with van der Waals surface area (Å²) in [5.41, 5.74) is 0.972. The highest BCUT2D eigenvalue weighted by Gasteiger charge is 2.18. The summed E-state index contributed by atoms with van der Waals surface area (Å²) in [5, 5.41) is 16.6. The Balaban J connectivity index is 2.14. The molecule has 0 radical (unpaired) electrons. The van der Waals surface area contributed by atoms with Gasteiger partial charge < -0.3 is 15.7 Å². The van der Waals surface area contributed by atoms with E-state index in [1.54, 1.807) is 35.6 Å². The van der Waals surface area contributed by atoms with Gasteiger partial charge in [0.25, 0.3) is 5.91 Å². The van der Waals surface area contributed by atoms with Gasteiger partial charge in [0.2, 0.25) is 0 Å². The first-order valence-electron chi connectivity index (χ1n) is 7.50. The third-order valence-corrected chi connectivity index (χ3v) is 4.36. The molecule has 1 amide bonds. The highest BCUT2D eigenvalue weighted by atomic mass is 32.1. The van der Waals surface area contributed by atoms with Crippen molar-refractivity contribution in [2.75, 3.05) is 11.9 Å². The van der Waals surface area contributed by atoms with Crippen molar-refractivity contribution in [1.29, 1.82) is 0 Å². The standard InChI is InChI=1S/C17H20N2O3S/c1-2-6-14(15-9-5-10-23-15)19-17(22)12-7-3-4-8-13(12)18-11-16(20)21/h3-5,7-10,14,18H,2,6,11H2,1H3,(H,19,22)(H,20,21)/t14-/m0/s1. The zero-order chi connectivity index (χ0) is 16.7. The van der Waals surface area contributed by atoms with Crippen LogP contribution >= 0.6 is 11.3 Å². The van der Waals surface area contributed by atoms with Crippen molar-refractivity contribution >= 4 is 28.9 Å². The number of thiophene rings is 1. The molecule has 0 aliphatic carbocycles. The second-order valence-electron chi connectivity index (χ2n) is 5.12. The van der Waals surface area contributed by atoms with Gasteiger partial charge >= 0.3 is 5.97 Å². The summed E-state index contributed by atoms with van der Waals surface area (Å²) >= 11 is 1.62. The highest BCUT2D eigenvalue weighted by Crippen LogP contribution is 2.24. The minimum Gasteiger partial charge on any atom is -0.480 e. The minimum atomic E-state index is -0.970. The molecule has 0 saturated carbocycles. The van der Waals surface area contributed by atoms with Crippen molar-refractivity contribution in [3.63, 3.8) is 0 Å². The molecular formula is C17H20N2O3S. The third kappa shape index (κ3) is 4.82. The van der Waals surface area contributed by atoms with E-state index in [0.717, 1.165) is 17.7 Å². The van der Waals surface area contributed by atoms with Crippen molar-refractivity contribution in [1.82, 2.24) is 5.32 Å². The van der Waals surface area contributed by atoms with Crippen molar-refractivity contribution in [3.05, 3.63) is 52.2 Å². The Morgan fingerprint density at radius 3 is 2.65 bits per heavy atom. The molecule has 5 nitrogen and oxygen atoms in total. The quantitative estimate of drug-likeness (QED) is 0.691. The number of para-hydroxylation sites is 1. The summed E-state index contributed by atoms with van der Waals surface area (Å²) in [6.45, 7) is 1.85. The van der Waals surface area contributed by atoms with Gasteiger partial charge in [-0.25, -0.2) is 0 Å². The molecule has 0 spiro atoms. The maximum absolute atomic E-state index is 12.6. The van der Waals surface area contributed by atoms with Gasteiger partial charge in [0, 0.05) is 10.6 Å². The number of aliphatic carboxylic acids is 1. The zero-order valence-electron chi connectivity index (χ0n) is 12.9. The third-order valence-electron chi connectivity index (χ3n) is 3.37. The SMILES string of the molecule is CCC[C@H](NC(=O)c1ccccc1NCC(=O)O)c1cccs1. The first-order valence-corrected chi connectivity index (χ1v) is 8.38. The number of carboxylic acids is 1. The van der Waals surface area contributed by atoms with E-state index >= 15 is 0 Å². The Morgan fingerprint density at radius 1 is 1.22 bits per heavy atom. The molecule has 1 atom stereocenters. The predicted octanol–water partition coefficient (Wildman–Crippen LogP) is 3.52. The first-order chi connectivity index (χ1) is 11.1. The number of amides is 1. The fourth-order valence-electron chi connectivity index (χ4n) is 2.31. The van der Waals surface area contributed by atoms with Crippen LogP contribution in [0.2, 0.25) is 0 Å². The fraction of sp³-hybridized carbons (Fsp3) is 0.294. The van der Waals surface area contributed by atoms with Gasteiger partial charge in [-0.05, 0) is 30.0 Å². The molecule has 1 aromatic carbocycles. The van der Waals surface area contributed by atoms with E-state index in [0.29, 0.717) is 11.3 Å². The lowest BCUT2D eigenvalue weighted by atomic mass is 10.1. The summed E-state index contributed by atoms with van der Waals surface area (Å²) in [6, 6.07) is 10.9. The Kier molecular flexibility index (Phi) is 6.17. The molecule has 0 fully saturated rings. The predicted molar refractivity (Wildman–Crippen MR) is 92.0 cm³/mol. The van der Waals surface area contributed by atoms with Crippen LogP contribution in [0, 0.1) is 0 Å². The van der Waals surface area contributed by atoms with E-state index in [1.807, 2.05) is 17.5 Å². The average Bonchev–Trinajstić information content (AvgIpc) is 3.07. The molecule has 0 saturated heterocycles. The molecule has 6 heteroatoms. The van der Waals surface area contributed by atoms with Crippen LogP contribution in [0.25, 0.3) is 0 Å². The van der Waals surface area contributed by atoms with Gasteiger partial charge in [0.05, 0.1) is 11.6 Å². The van der Waals surface area contributed by atoms with E-state index < -0.39 is 5.97 Å². The zero-order valence-corrected chi connectivity index (χ0v) is 13.7. The van der Waals surface area contributed by atoms with Crippen molar-refractivity contribution < 1.29 is 14.7 Å². The summed E-state index contributed by atoms with van der Waals surface area (Å²) in [7, 11) is 0. The maximum atomic E-state index is 12.6. The Labute approximate surface area is 139 Å². The van der Waals surface area contributed by atoms with E-state index in [4.69, 9.17) is 5.11 Å². The Morgan fingerprint density at radius 2 is 2.00 bits per heavy atom.